The number of aliphatic hydroxyl groups excluding tert-OH is 1. The van der Waals surface area contributed by atoms with Crippen molar-refractivity contribution < 1.29 is 24.2 Å². The molecule has 1 atom stereocenters. The first-order chi connectivity index (χ1) is 15.6. The Bertz CT molecular complexity index is 954. The van der Waals surface area contributed by atoms with E-state index >= 15 is 0 Å². The highest BCUT2D eigenvalue weighted by atomic mass is 16.5. The molecule has 1 aliphatic rings. The van der Waals surface area contributed by atoms with E-state index in [-0.39, 0.29) is 17.8 Å². The molecule has 0 aliphatic carbocycles. The van der Waals surface area contributed by atoms with Crippen molar-refractivity contribution in [2.75, 3.05) is 26.9 Å². The summed E-state index contributed by atoms with van der Waals surface area (Å²) in [6.45, 7) is 3.46. The first-order valence-electron chi connectivity index (χ1n) is 11.1. The number of amides is 1. The molecular formula is C26H31NO5. The lowest BCUT2D eigenvalue weighted by molar-refractivity contribution is -0.129. The molecule has 1 unspecified atom stereocenters. The van der Waals surface area contributed by atoms with Gasteiger partial charge >= 0.3 is 0 Å². The van der Waals surface area contributed by atoms with Gasteiger partial charge in [-0.3, -0.25) is 9.59 Å². The molecule has 2 aromatic carbocycles. The maximum absolute atomic E-state index is 13.2. The van der Waals surface area contributed by atoms with Crippen LogP contribution < -0.4 is 4.74 Å². The Kier molecular flexibility index (Phi) is 8.45. The van der Waals surface area contributed by atoms with Crippen molar-refractivity contribution in [2.45, 2.75) is 38.6 Å². The summed E-state index contributed by atoms with van der Waals surface area (Å²) in [5, 5.41) is 10.7. The summed E-state index contributed by atoms with van der Waals surface area (Å²) in [5.74, 6) is -0.519. The van der Waals surface area contributed by atoms with E-state index in [0.717, 1.165) is 17.5 Å². The van der Waals surface area contributed by atoms with E-state index in [1.165, 1.54) is 0 Å². The van der Waals surface area contributed by atoms with Crippen LogP contribution >= 0.6 is 0 Å². The van der Waals surface area contributed by atoms with Crippen molar-refractivity contribution in [2.24, 2.45) is 0 Å². The third-order valence-corrected chi connectivity index (χ3v) is 5.48. The van der Waals surface area contributed by atoms with Crippen LogP contribution in [0.1, 0.15) is 43.4 Å². The Hall–Kier alpha value is -3.12. The van der Waals surface area contributed by atoms with Gasteiger partial charge in [-0.15, -0.1) is 0 Å². The molecule has 0 radical (unpaired) electrons. The molecule has 2 aromatic rings. The highest BCUT2D eigenvalue weighted by Crippen LogP contribution is 2.39. The summed E-state index contributed by atoms with van der Waals surface area (Å²) in [4.78, 5) is 27.7. The van der Waals surface area contributed by atoms with Crippen LogP contribution in [0.3, 0.4) is 0 Å². The number of aliphatic hydroxyl groups is 1. The lowest BCUT2D eigenvalue weighted by Crippen LogP contribution is -2.32. The van der Waals surface area contributed by atoms with Crippen LogP contribution in [-0.4, -0.2) is 48.6 Å². The second-order valence-electron chi connectivity index (χ2n) is 7.84. The van der Waals surface area contributed by atoms with Crippen LogP contribution in [0, 0.1) is 0 Å². The second kappa shape index (κ2) is 11.5. The average molecular weight is 438 g/mol. The summed E-state index contributed by atoms with van der Waals surface area (Å²) in [5.41, 5.74) is 1.95. The highest BCUT2D eigenvalue weighted by molar-refractivity contribution is 6.09. The van der Waals surface area contributed by atoms with Gasteiger partial charge in [0.2, 0.25) is 0 Å². The van der Waals surface area contributed by atoms with Crippen molar-refractivity contribution in [1.82, 2.24) is 4.90 Å². The van der Waals surface area contributed by atoms with Crippen LogP contribution in [0.2, 0.25) is 0 Å². The molecule has 0 spiro atoms. The minimum absolute atomic E-state index is 0.163. The molecule has 1 amide bonds. The Labute approximate surface area is 189 Å². The van der Waals surface area contributed by atoms with Gasteiger partial charge in [-0.2, -0.15) is 0 Å². The van der Waals surface area contributed by atoms with Gasteiger partial charge in [0.05, 0.1) is 18.2 Å². The van der Waals surface area contributed by atoms with Gasteiger partial charge in [0.15, 0.2) is 11.5 Å². The van der Waals surface area contributed by atoms with E-state index in [0.29, 0.717) is 38.3 Å². The molecule has 6 heteroatoms. The topological polar surface area (TPSA) is 76.1 Å². The molecule has 1 heterocycles. The summed E-state index contributed by atoms with van der Waals surface area (Å²) in [7, 11) is 1.60. The fourth-order valence-corrected chi connectivity index (χ4v) is 3.93. The predicted molar refractivity (Wildman–Crippen MR) is 123 cm³/mol. The van der Waals surface area contributed by atoms with E-state index in [1.807, 2.05) is 61.5 Å². The lowest BCUT2D eigenvalue weighted by Gasteiger charge is -2.27. The molecule has 1 aliphatic heterocycles. The van der Waals surface area contributed by atoms with E-state index in [1.54, 1.807) is 12.0 Å². The first-order valence-corrected chi connectivity index (χ1v) is 11.1. The van der Waals surface area contributed by atoms with Crippen molar-refractivity contribution >= 4 is 11.7 Å². The molecule has 0 fully saturated rings. The van der Waals surface area contributed by atoms with Crippen molar-refractivity contribution in [3.8, 4) is 5.75 Å². The minimum Gasteiger partial charge on any atom is -0.503 e. The molecule has 6 nitrogen and oxygen atoms in total. The Balaban J connectivity index is 1.89. The van der Waals surface area contributed by atoms with Gasteiger partial charge in [0.1, 0.15) is 5.75 Å². The largest absolute Gasteiger partial charge is 0.503 e. The zero-order valence-corrected chi connectivity index (χ0v) is 18.8. The van der Waals surface area contributed by atoms with Crippen molar-refractivity contribution in [3.63, 3.8) is 0 Å². The third-order valence-electron chi connectivity index (χ3n) is 5.48. The molecular weight excluding hydrogens is 406 g/mol. The number of carbonyl (C=O) groups is 2. The van der Waals surface area contributed by atoms with E-state index in [2.05, 4.69) is 0 Å². The Morgan fingerprint density at radius 1 is 1.09 bits per heavy atom. The van der Waals surface area contributed by atoms with E-state index in [9.17, 15) is 14.7 Å². The standard InChI is InChI=1S/C26H31NO5/c1-3-16-32-21-12-7-11-20(18-21)24-23(22(28)14-13-19-9-5-4-6-10-19)25(29)26(30)27(24)15-8-17-31-2/h4-7,9-12,18,24,29H,3,8,13-17H2,1-2H3. The minimum atomic E-state index is -0.646. The van der Waals surface area contributed by atoms with Gasteiger partial charge in [-0.1, -0.05) is 49.4 Å². The first kappa shape index (κ1) is 23.5. The highest BCUT2D eigenvalue weighted by Gasteiger charge is 2.43. The monoisotopic (exact) mass is 437 g/mol. The number of rotatable bonds is 12. The fourth-order valence-electron chi connectivity index (χ4n) is 3.93. The number of hydrogen-bond donors (Lipinski definition) is 1. The summed E-state index contributed by atoms with van der Waals surface area (Å²) >= 11 is 0. The molecule has 32 heavy (non-hydrogen) atoms. The zero-order chi connectivity index (χ0) is 22.9. The molecule has 0 saturated heterocycles. The van der Waals surface area contributed by atoms with E-state index in [4.69, 9.17) is 9.47 Å². The van der Waals surface area contributed by atoms with Gasteiger partial charge in [-0.05, 0) is 42.5 Å². The van der Waals surface area contributed by atoms with Crippen LogP contribution in [0.5, 0.6) is 5.75 Å². The maximum atomic E-state index is 13.2. The molecule has 1 N–H and O–H groups in total. The molecule has 0 aromatic heterocycles. The number of carbonyl (C=O) groups excluding carboxylic acids is 2. The van der Waals surface area contributed by atoms with Crippen LogP contribution in [0.15, 0.2) is 65.9 Å². The summed E-state index contributed by atoms with van der Waals surface area (Å²) in [6.07, 6.45) is 2.23. The lowest BCUT2D eigenvalue weighted by atomic mass is 9.93. The summed E-state index contributed by atoms with van der Waals surface area (Å²) in [6, 6.07) is 16.5. The number of benzene rings is 2. The van der Waals surface area contributed by atoms with Crippen LogP contribution in [-0.2, 0) is 20.7 Å². The third kappa shape index (κ3) is 5.56. The molecule has 0 saturated carbocycles. The number of methoxy groups -OCH3 is 1. The van der Waals surface area contributed by atoms with Gasteiger partial charge < -0.3 is 19.5 Å². The number of nitrogens with zero attached hydrogens (tertiary/aromatic N) is 1. The summed E-state index contributed by atoms with van der Waals surface area (Å²) < 4.78 is 10.9. The zero-order valence-electron chi connectivity index (χ0n) is 18.8. The Morgan fingerprint density at radius 3 is 2.59 bits per heavy atom. The Morgan fingerprint density at radius 2 is 1.88 bits per heavy atom. The average Bonchev–Trinajstić information content (AvgIpc) is 3.07. The fraction of sp³-hybridized carbons (Fsp3) is 0.385. The van der Waals surface area contributed by atoms with Gasteiger partial charge in [0.25, 0.3) is 5.91 Å². The molecule has 0 bridgehead atoms. The smallest absolute Gasteiger partial charge is 0.290 e. The van der Waals surface area contributed by atoms with Crippen molar-refractivity contribution in [3.05, 3.63) is 77.1 Å². The molecule has 170 valence electrons. The second-order valence-corrected chi connectivity index (χ2v) is 7.84. The normalized spacial score (nSPS) is 16.0. The van der Waals surface area contributed by atoms with Crippen LogP contribution in [0.25, 0.3) is 0 Å². The number of Topliss-reactive ketones (excluding diaryl/α,β-unsaturated/α-hetero) is 1. The molecule has 3 rings (SSSR count). The SMILES string of the molecule is CCCOc1cccc(C2C(C(=O)CCc3ccccc3)=C(O)C(=O)N2CCCOC)c1. The van der Waals surface area contributed by atoms with E-state index < -0.39 is 17.7 Å². The maximum Gasteiger partial charge on any atom is 0.290 e. The van der Waals surface area contributed by atoms with Gasteiger partial charge in [0, 0.05) is 26.7 Å². The number of ether oxygens (including phenoxy) is 2. The van der Waals surface area contributed by atoms with Crippen LogP contribution in [0.4, 0.5) is 0 Å². The number of hydrogen-bond acceptors (Lipinski definition) is 5. The number of aryl methyl sites for hydroxylation is 1. The number of ketones is 1. The van der Waals surface area contributed by atoms with Crippen molar-refractivity contribution in [1.29, 1.82) is 0 Å². The van der Waals surface area contributed by atoms with Gasteiger partial charge in [-0.25, -0.2) is 0 Å². The predicted octanol–water partition coefficient (Wildman–Crippen LogP) is 4.41. The quantitative estimate of drug-likeness (QED) is 0.498.